The Hall–Kier alpha value is -0.850. The third-order valence-corrected chi connectivity index (χ3v) is 1.57. The number of ether oxygens (including phenoxy) is 1. The fourth-order valence-electron chi connectivity index (χ4n) is 0.942. The summed E-state index contributed by atoms with van der Waals surface area (Å²) in [6, 6.07) is 0. The van der Waals surface area contributed by atoms with Crippen molar-refractivity contribution in [2.24, 2.45) is 5.92 Å². The second-order valence-corrected chi connectivity index (χ2v) is 3.63. The predicted molar refractivity (Wildman–Crippen MR) is 45.3 cm³/mol. The summed E-state index contributed by atoms with van der Waals surface area (Å²) in [5.74, 6) is 0.0530. The van der Waals surface area contributed by atoms with Gasteiger partial charge in [0.05, 0.1) is 6.10 Å². The topological polar surface area (TPSA) is 57.2 Å². The Bertz CT molecular complexity index is 206. The third-order valence-electron chi connectivity index (χ3n) is 1.57. The normalized spacial score (nSPS) is 22.1. The van der Waals surface area contributed by atoms with Crippen LogP contribution in [0.5, 0.6) is 0 Å². The van der Waals surface area contributed by atoms with E-state index in [2.05, 4.69) is 10.0 Å². The van der Waals surface area contributed by atoms with E-state index < -0.39 is 12.3 Å². The average Bonchev–Trinajstić information content (AvgIpc) is 2.49. The smallest absolute Gasteiger partial charge is 0.439 e. The van der Waals surface area contributed by atoms with Gasteiger partial charge in [-0.1, -0.05) is 18.8 Å². The molecule has 0 spiro atoms. The van der Waals surface area contributed by atoms with Gasteiger partial charge < -0.3 is 4.74 Å². The molecule has 6 nitrogen and oxygen atoms in total. The molecule has 1 rings (SSSR count). The Kier molecular flexibility index (Phi) is 3.68. The number of rotatable bonds is 2. The maximum Gasteiger partial charge on any atom is 0.439 e. The standard InChI is InChI=1S/C8H15NO5/c1-5(2)7-9(13-14-12-7)8(10)11-6(3)4/h5-7H,1-4H3. The van der Waals surface area contributed by atoms with E-state index in [9.17, 15) is 4.79 Å². The Morgan fingerprint density at radius 2 is 2.00 bits per heavy atom. The molecule has 6 heteroatoms. The van der Waals surface area contributed by atoms with Gasteiger partial charge >= 0.3 is 6.09 Å². The van der Waals surface area contributed by atoms with E-state index >= 15 is 0 Å². The number of carbonyl (C=O) groups excluding carboxylic acids is 1. The van der Waals surface area contributed by atoms with Crippen LogP contribution in [-0.4, -0.2) is 23.5 Å². The lowest BCUT2D eigenvalue weighted by Crippen LogP contribution is -2.39. The van der Waals surface area contributed by atoms with Gasteiger partial charge in [0.25, 0.3) is 0 Å². The summed E-state index contributed by atoms with van der Waals surface area (Å²) in [5.41, 5.74) is 0. The Labute approximate surface area is 82.5 Å². The molecule has 1 unspecified atom stereocenters. The highest BCUT2D eigenvalue weighted by Gasteiger charge is 2.37. The number of carbonyl (C=O) groups is 1. The first-order valence-corrected chi connectivity index (χ1v) is 4.52. The van der Waals surface area contributed by atoms with Gasteiger partial charge in [-0.15, -0.1) is 5.06 Å². The van der Waals surface area contributed by atoms with Crippen LogP contribution in [0, 0.1) is 5.92 Å². The van der Waals surface area contributed by atoms with Crippen LogP contribution in [0.3, 0.4) is 0 Å². The van der Waals surface area contributed by atoms with Gasteiger partial charge in [0.1, 0.15) is 0 Å². The lowest BCUT2D eigenvalue weighted by molar-refractivity contribution is -0.489. The largest absolute Gasteiger partial charge is 0.445 e. The van der Waals surface area contributed by atoms with Crippen molar-refractivity contribution in [3.05, 3.63) is 0 Å². The van der Waals surface area contributed by atoms with Crippen molar-refractivity contribution in [2.75, 3.05) is 0 Å². The van der Waals surface area contributed by atoms with Crippen LogP contribution < -0.4 is 0 Å². The summed E-state index contributed by atoms with van der Waals surface area (Å²) < 4.78 is 4.92. The van der Waals surface area contributed by atoms with Crippen molar-refractivity contribution in [2.45, 2.75) is 40.0 Å². The lowest BCUT2D eigenvalue weighted by Gasteiger charge is -2.20. The van der Waals surface area contributed by atoms with Crippen LogP contribution in [0.1, 0.15) is 27.7 Å². The van der Waals surface area contributed by atoms with E-state index in [1.165, 1.54) is 0 Å². The minimum Gasteiger partial charge on any atom is -0.445 e. The molecule has 0 aromatic heterocycles. The van der Waals surface area contributed by atoms with E-state index in [-0.39, 0.29) is 12.0 Å². The fraction of sp³-hybridized carbons (Fsp3) is 0.875. The van der Waals surface area contributed by atoms with Crippen LogP contribution in [0.4, 0.5) is 4.79 Å². The third kappa shape index (κ3) is 2.57. The minimum absolute atomic E-state index is 0.0530. The van der Waals surface area contributed by atoms with Crippen molar-refractivity contribution in [3.8, 4) is 0 Å². The van der Waals surface area contributed by atoms with E-state index in [0.29, 0.717) is 0 Å². The first kappa shape index (κ1) is 11.2. The van der Waals surface area contributed by atoms with Gasteiger partial charge in [-0.05, 0) is 18.9 Å². The van der Waals surface area contributed by atoms with Crippen LogP contribution in [-0.2, 0) is 19.7 Å². The molecule has 1 amide bonds. The van der Waals surface area contributed by atoms with Crippen LogP contribution >= 0.6 is 0 Å². The molecule has 0 N–H and O–H groups in total. The van der Waals surface area contributed by atoms with E-state index in [0.717, 1.165) is 5.06 Å². The summed E-state index contributed by atoms with van der Waals surface area (Å²) >= 11 is 0. The zero-order chi connectivity index (χ0) is 10.7. The van der Waals surface area contributed by atoms with Crippen molar-refractivity contribution in [1.29, 1.82) is 0 Å². The molecule has 14 heavy (non-hydrogen) atoms. The highest BCUT2D eigenvalue weighted by molar-refractivity contribution is 5.66. The highest BCUT2D eigenvalue weighted by Crippen LogP contribution is 2.21. The number of hydrogen-bond acceptors (Lipinski definition) is 5. The van der Waals surface area contributed by atoms with E-state index in [4.69, 9.17) is 9.62 Å². The monoisotopic (exact) mass is 205 g/mol. The lowest BCUT2D eigenvalue weighted by atomic mass is 10.2. The molecule has 0 saturated carbocycles. The summed E-state index contributed by atoms with van der Waals surface area (Å²) in [7, 11) is 0. The van der Waals surface area contributed by atoms with E-state index in [1.807, 2.05) is 13.8 Å². The molecular weight excluding hydrogens is 190 g/mol. The fourth-order valence-corrected chi connectivity index (χ4v) is 0.942. The molecule has 1 aliphatic heterocycles. The molecule has 82 valence electrons. The number of nitrogens with zero attached hydrogens (tertiary/aromatic N) is 1. The summed E-state index contributed by atoms with van der Waals surface area (Å²) in [4.78, 5) is 20.6. The number of amides is 1. The zero-order valence-corrected chi connectivity index (χ0v) is 8.72. The summed E-state index contributed by atoms with van der Waals surface area (Å²) in [6.45, 7) is 7.25. The van der Waals surface area contributed by atoms with Crippen molar-refractivity contribution in [1.82, 2.24) is 5.06 Å². The van der Waals surface area contributed by atoms with Crippen LogP contribution in [0.15, 0.2) is 0 Å². The summed E-state index contributed by atoms with van der Waals surface area (Å²) in [5, 5.41) is 5.19. The predicted octanol–water partition coefficient (Wildman–Crippen LogP) is 1.62. The molecule has 0 bridgehead atoms. The highest BCUT2D eigenvalue weighted by atomic mass is 17.6. The summed E-state index contributed by atoms with van der Waals surface area (Å²) in [6.07, 6.45) is -1.39. The molecule has 1 heterocycles. The molecule has 0 aromatic carbocycles. The minimum atomic E-state index is -0.615. The quantitative estimate of drug-likeness (QED) is 0.641. The maximum atomic E-state index is 11.4. The van der Waals surface area contributed by atoms with Crippen molar-refractivity contribution in [3.63, 3.8) is 0 Å². The zero-order valence-electron chi connectivity index (χ0n) is 8.72. The second-order valence-electron chi connectivity index (χ2n) is 3.63. The first-order valence-electron chi connectivity index (χ1n) is 4.52. The van der Waals surface area contributed by atoms with Gasteiger partial charge in [-0.3, -0.25) is 0 Å². The molecular formula is C8H15NO5. The van der Waals surface area contributed by atoms with Gasteiger partial charge in [0.2, 0.25) is 6.23 Å². The van der Waals surface area contributed by atoms with Gasteiger partial charge in [0, 0.05) is 5.92 Å². The molecule has 1 fully saturated rings. The van der Waals surface area contributed by atoms with Crippen molar-refractivity contribution >= 4 is 6.09 Å². The van der Waals surface area contributed by atoms with Crippen LogP contribution in [0.2, 0.25) is 0 Å². The SMILES string of the molecule is CC(C)OC(=O)N1OOOC1C(C)C. The molecule has 0 aromatic rings. The molecule has 1 atom stereocenters. The van der Waals surface area contributed by atoms with Crippen molar-refractivity contribution < 1.29 is 24.4 Å². The first-order chi connectivity index (χ1) is 6.52. The number of hydroxylamine groups is 2. The second kappa shape index (κ2) is 4.59. The van der Waals surface area contributed by atoms with Gasteiger partial charge in [0.15, 0.2) is 0 Å². The Morgan fingerprint density at radius 1 is 1.36 bits per heavy atom. The average molecular weight is 205 g/mol. The Morgan fingerprint density at radius 3 is 2.50 bits per heavy atom. The maximum absolute atomic E-state index is 11.4. The van der Waals surface area contributed by atoms with Gasteiger partial charge in [-0.25, -0.2) is 4.79 Å². The Balaban J connectivity index is 2.53. The number of hydrogen-bond donors (Lipinski definition) is 0. The molecule has 1 saturated heterocycles. The van der Waals surface area contributed by atoms with Crippen LogP contribution in [0.25, 0.3) is 0 Å². The van der Waals surface area contributed by atoms with Gasteiger partial charge in [-0.2, -0.15) is 4.89 Å². The molecule has 1 aliphatic rings. The molecule has 0 radical (unpaired) electrons. The molecule has 0 aliphatic carbocycles. The van der Waals surface area contributed by atoms with E-state index in [1.54, 1.807) is 13.8 Å².